The number of carbonyl (C=O) groups is 3. The summed E-state index contributed by atoms with van der Waals surface area (Å²) in [4.78, 5) is 38.9. The zero-order valence-corrected chi connectivity index (χ0v) is 22.5. The third-order valence-corrected chi connectivity index (χ3v) is 7.52. The van der Waals surface area contributed by atoms with Gasteiger partial charge in [-0.2, -0.15) is 10.1 Å². The third-order valence-electron chi connectivity index (χ3n) is 6.11. The Morgan fingerprint density at radius 2 is 1.77 bits per heavy atom. The standard InChI is InChI=1S/C30H22ClN3O4S/c1-17-4-3-5-21(14-17)32-28(35)25-15-20(8-12-26(25)31)27-13-11-23(39-27)16-24-18(2)33-34(29(24)36)22-9-6-19(7-10-22)30(37)38/h3-16H,1-2H3,(H,32,35)(H,37,38)/b24-16-. The molecular formula is C30H22ClN3O4S. The van der Waals surface area contributed by atoms with E-state index in [9.17, 15) is 14.4 Å². The summed E-state index contributed by atoms with van der Waals surface area (Å²) in [5.74, 6) is -1.64. The number of hydrogen-bond acceptors (Lipinski definition) is 5. The molecule has 0 atom stereocenters. The lowest BCUT2D eigenvalue weighted by Gasteiger charge is -2.11. The van der Waals surface area contributed by atoms with E-state index < -0.39 is 5.97 Å². The molecular weight excluding hydrogens is 534 g/mol. The summed E-state index contributed by atoms with van der Waals surface area (Å²) < 4.78 is 0. The van der Waals surface area contributed by atoms with Crippen LogP contribution in [0.3, 0.4) is 0 Å². The second-order valence-electron chi connectivity index (χ2n) is 8.93. The van der Waals surface area contributed by atoms with Gasteiger partial charge in [-0.3, -0.25) is 9.59 Å². The number of aryl methyl sites for hydroxylation is 1. The zero-order chi connectivity index (χ0) is 27.7. The number of thiophene rings is 1. The van der Waals surface area contributed by atoms with Crippen molar-refractivity contribution in [3.05, 3.63) is 111 Å². The van der Waals surface area contributed by atoms with Gasteiger partial charge < -0.3 is 10.4 Å². The molecule has 7 nitrogen and oxygen atoms in total. The van der Waals surface area contributed by atoms with Crippen molar-refractivity contribution in [3.63, 3.8) is 0 Å². The van der Waals surface area contributed by atoms with Crippen LogP contribution >= 0.6 is 22.9 Å². The topological polar surface area (TPSA) is 99.1 Å². The van der Waals surface area contributed by atoms with Gasteiger partial charge in [0.25, 0.3) is 11.8 Å². The van der Waals surface area contributed by atoms with Crippen LogP contribution < -0.4 is 10.3 Å². The second-order valence-corrected chi connectivity index (χ2v) is 10.5. The highest BCUT2D eigenvalue weighted by Gasteiger charge is 2.29. The van der Waals surface area contributed by atoms with Crippen LogP contribution in [0.2, 0.25) is 5.02 Å². The summed E-state index contributed by atoms with van der Waals surface area (Å²) in [6.45, 7) is 3.71. The normalized spacial score (nSPS) is 14.0. The van der Waals surface area contributed by atoms with Gasteiger partial charge in [0.2, 0.25) is 0 Å². The fourth-order valence-corrected chi connectivity index (χ4v) is 5.26. The minimum atomic E-state index is -1.04. The van der Waals surface area contributed by atoms with Gasteiger partial charge in [0.05, 0.1) is 33.1 Å². The maximum atomic E-state index is 13.1. The number of carboxylic acid groups (broad SMARTS) is 1. The van der Waals surface area contributed by atoms with Crippen LogP contribution in [0.25, 0.3) is 16.5 Å². The zero-order valence-electron chi connectivity index (χ0n) is 20.9. The van der Waals surface area contributed by atoms with E-state index in [1.165, 1.54) is 28.5 Å². The van der Waals surface area contributed by atoms with Crippen LogP contribution in [-0.2, 0) is 4.79 Å². The van der Waals surface area contributed by atoms with Gasteiger partial charge in [0, 0.05) is 15.4 Å². The molecule has 0 bridgehead atoms. The number of aromatic carboxylic acids is 1. The number of hydrogen-bond donors (Lipinski definition) is 2. The van der Waals surface area contributed by atoms with Crippen molar-refractivity contribution in [1.29, 1.82) is 0 Å². The molecule has 0 fully saturated rings. The summed E-state index contributed by atoms with van der Waals surface area (Å²) in [6, 6.07) is 22.7. The summed E-state index contributed by atoms with van der Waals surface area (Å²) in [6.07, 6.45) is 1.78. The Morgan fingerprint density at radius 3 is 2.49 bits per heavy atom. The average molecular weight is 556 g/mol. The molecule has 0 aliphatic carbocycles. The fourth-order valence-electron chi connectivity index (χ4n) is 4.11. The van der Waals surface area contributed by atoms with Crippen LogP contribution in [-0.4, -0.2) is 28.6 Å². The highest BCUT2D eigenvalue weighted by molar-refractivity contribution is 7.16. The molecule has 3 aromatic carbocycles. The van der Waals surface area contributed by atoms with Crippen molar-refractivity contribution in [2.24, 2.45) is 5.10 Å². The van der Waals surface area contributed by atoms with Crippen molar-refractivity contribution in [3.8, 4) is 10.4 Å². The Bertz CT molecular complexity index is 1690. The fraction of sp³-hybridized carbons (Fsp3) is 0.0667. The lowest BCUT2D eigenvalue weighted by atomic mass is 10.1. The van der Waals surface area contributed by atoms with E-state index in [2.05, 4.69) is 10.4 Å². The molecule has 0 saturated heterocycles. The number of rotatable bonds is 6. The Balaban J connectivity index is 1.36. The molecule has 1 aromatic heterocycles. The molecule has 5 rings (SSSR count). The van der Waals surface area contributed by atoms with Crippen molar-refractivity contribution in [2.45, 2.75) is 13.8 Å². The SMILES string of the molecule is CC1=NN(c2ccc(C(=O)O)cc2)C(=O)/C1=C\c1ccc(-c2ccc(Cl)c(C(=O)Nc3cccc(C)c3)c2)s1. The number of hydrazone groups is 1. The van der Waals surface area contributed by atoms with Crippen LogP contribution in [0.15, 0.2) is 89.5 Å². The Hall–Kier alpha value is -4.53. The molecule has 1 aliphatic rings. The van der Waals surface area contributed by atoms with Crippen molar-refractivity contribution < 1.29 is 19.5 Å². The molecule has 1 aliphatic heterocycles. The van der Waals surface area contributed by atoms with E-state index in [1.54, 1.807) is 37.3 Å². The third kappa shape index (κ3) is 5.52. The van der Waals surface area contributed by atoms with E-state index >= 15 is 0 Å². The summed E-state index contributed by atoms with van der Waals surface area (Å²) in [5, 5.41) is 18.0. The molecule has 9 heteroatoms. The number of nitrogens with zero attached hydrogens (tertiary/aromatic N) is 2. The molecule has 4 aromatic rings. The number of benzene rings is 3. The summed E-state index contributed by atoms with van der Waals surface area (Å²) in [7, 11) is 0. The lowest BCUT2D eigenvalue weighted by Crippen LogP contribution is -2.21. The number of nitrogens with one attached hydrogen (secondary N) is 1. The van der Waals surface area contributed by atoms with Crippen molar-refractivity contribution in [1.82, 2.24) is 0 Å². The van der Waals surface area contributed by atoms with Gasteiger partial charge >= 0.3 is 5.97 Å². The second kappa shape index (κ2) is 10.7. The maximum Gasteiger partial charge on any atom is 0.335 e. The minimum absolute atomic E-state index is 0.131. The maximum absolute atomic E-state index is 13.1. The molecule has 0 radical (unpaired) electrons. The first-order chi connectivity index (χ1) is 18.7. The smallest absolute Gasteiger partial charge is 0.335 e. The highest BCUT2D eigenvalue weighted by atomic mass is 35.5. The van der Waals surface area contributed by atoms with Gasteiger partial charge in [-0.05, 0) is 91.7 Å². The van der Waals surface area contributed by atoms with Gasteiger partial charge in [-0.1, -0.05) is 29.8 Å². The first-order valence-electron chi connectivity index (χ1n) is 11.9. The van der Waals surface area contributed by atoms with Gasteiger partial charge in [0.1, 0.15) is 0 Å². The van der Waals surface area contributed by atoms with Crippen LogP contribution in [0.1, 0.15) is 38.1 Å². The first kappa shape index (κ1) is 26.1. The molecule has 0 unspecified atom stereocenters. The number of carbonyl (C=O) groups excluding carboxylic acids is 2. The predicted molar refractivity (Wildman–Crippen MR) is 156 cm³/mol. The van der Waals surface area contributed by atoms with Crippen molar-refractivity contribution in [2.75, 3.05) is 10.3 Å². The first-order valence-corrected chi connectivity index (χ1v) is 13.1. The molecule has 2 heterocycles. The Kier molecular flexibility index (Phi) is 7.15. The van der Waals surface area contributed by atoms with E-state index in [0.29, 0.717) is 33.2 Å². The molecule has 2 amide bonds. The van der Waals surface area contributed by atoms with Crippen LogP contribution in [0.4, 0.5) is 11.4 Å². The van der Waals surface area contributed by atoms with Gasteiger partial charge in [-0.15, -0.1) is 11.3 Å². The van der Waals surface area contributed by atoms with Crippen molar-refractivity contribution >= 4 is 63.9 Å². The number of carboxylic acids is 1. The van der Waals surface area contributed by atoms with Gasteiger partial charge in [-0.25, -0.2) is 4.79 Å². The Labute approximate surface area is 233 Å². The lowest BCUT2D eigenvalue weighted by molar-refractivity contribution is -0.114. The van der Waals surface area contributed by atoms with E-state index in [4.69, 9.17) is 16.7 Å². The van der Waals surface area contributed by atoms with E-state index in [-0.39, 0.29) is 17.4 Å². The number of anilines is 2. The molecule has 0 saturated carbocycles. The quantitative estimate of drug-likeness (QED) is 0.247. The molecule has 0 spiro atoms. The molecule has 39 heavy (non-hydrogen) atoms. The predicted octanol–water partition coefficient (Wildman–Crippen LogP) is 7.13. The largest absolute Gasteiger partial charge is 0.478 e. The highest BCUT2D eigenvalue weighted by Crippen LogP contribution is 2.33. The van der Waals surface area contributed by atoms with E-state index in [0.717, 1.165) is 20.9 Å². The monoisotopic (exact) mass is 555 g/mol. The molecule has 2 N–H and O–H groups in total. The molecule has 194 valence electrons. The van der Waals surface area contributed by atoms with Gasteiger partial charge in [0.15, 0.2) is 0 Å². The summed E-state index contributed by atoms with van der Waals surface area (Å²) >= 11 is 7.83. The average Bonchev–Trinajstić information content (AvgIpc) is 3.49. The van der Waals surface area contributed by atoms with E-state index in [1.807, 2.05) is 49.4 Å². The minimum Gasteiger partial charge on any atom is -0.478 e. The summed E-state index contributed by atoms with van der Waals surface area (Å²) in [5.41, 5.74) is 4.53. The number of amides is 2. The van der Waals surface area contributed by atoms with Crippen LogP contribution in [0, 0.1) is 6.92 Å². The van der Waals surface area contributed by atoms with Crippen LogP contribution in [0.5, 0.6) is 0 Å². The number of halogens is 1. The Morgan fingerprint density at radius 1 is 1.00 bits per heavy atom.